The number of carboxylic acid groups (broad SMARTS) is 2. The van der Waals surface area contributed by atoms with Crippen LogP contribution in [0.5, 0.6) is 5.75 Å². The molecule has 0 amide bonds. The maximum absolute atomic E-state index is 9.55. The molecule has 0 saturated carbocycles. The molecule has 18 heavy (non-hydrogen) atoms. The van der Waals surface area contributed by atoms with Crippen molar-refractivity contribution in [3.05, 3.63) is 42.5 Å². The van der Waals surface area contributed by atoms with Crippen LogP contribution in [0.2, 0.25) is 0 Å². The lowest BCUT2D eigenvalue weighted by Gasteiger charge is -2.06. The number of aliphatic hydroxyl groups is 1. The lowest BCUT2D eigenvalue weighted by atomic mass is 10.3. The number of carbonyl (C=O) groups is 2. The normalized spacial score (nSPS) is 11.2. The number of hydrogen-bond acceptors (Lipinski definition) is 4. The van der Waals surface area contributed by atoms with Gasteiger partial charge in [-0.1, -0.05) is 18.2 Å². The largest absolute Gasteiger partial charge is 0.478 e. The number of benzene rings is 1. The molecule has 3 N–H and O–H groups in total. The van der Waals surface area contributed by atoms with Crippen LogP contribution in [0.3, 0.4) is 0 Å². The molecule has 1 aromatic carbocycles. The van der Waals surface area contributed by atoms with Gasteiger partial charge < -0.3 is 20.1 Å². The Bertz CT molecular complexity index is 380. The highest BCUT2D eigenvalue weighted by Gasteiger charge is 1.94. The van der Waals surface area contributed by atoms with Crippen LogP contribution in [-0.4, -0.2) is 33.5 Å². The Kier molecular flexibility index (Phi) is 7.63. The molecule has 0 aliphatic rings. The summed E-state index contributed by atoms with van der Waals surface area (Å²) < 4.78 is 4.97. The Morgan fingerprint density at radius 3 is 1.89 bits per heavy atom. The fraction of sp³-hybridized carbons (Fsp3) is 0.167. The first-order valence-electron chi connectivity index (χ1n) is 4.95. The molecule has 0 radical (unpaired) electrons. The van der Waals surface area contributed by atoms with Crippen molar-refractivity contribution in [1.82, 2.24) is 0 Å². The highest BCUT2D eigenvalue weighted by molar-refractivity contribution is 5.89. The molecule has 1 atom stereocenters. The third kappa shape index (κ3) is 10.2. The average molecular weight is 254 g/mol. The highest BCUT2D eigenvalue weighted by atomic mass is 16.6. The zero-order valence-electron chi connectivity index (χ0n) is 9.69. The number of aliphatic carboxylic acids is 2. The van der Waals surface area contributed by atoms with Crippen molar-refractivity contribution in [2.45, 2.75) is 13.2 Å². The van der Waals surface area contributed by atoms with Crippen molar-refractivity contribution in [1.29, 1.82) is 0 Å². The van der Waals surface area contributed by atoms with Crippen LogP contribution in [0.4, 0.5) is 0 Å². The van der Waals surface area contributed by atoms with E-state index in [0.29, 0.717) is 17.9 Å². The fourth-order valence-electron chi connectivity index (χ4n) is 0.839. The van der Waals surface area contributed by atoms with E-state index in [1.54, 1.807) is 19.1 Å². The second-order valence-electron chi connectivity index (χ2n) is 3.04. The summed E-state index contributed by atoms with van der Waals surface area (Å²) in [5, 5.41) is 24.4. The second-order valence-corrected chi connectivity index (χ2v) is 3.04. The van der Waals surface area contributed by atoms with Gasteiger partial charge in [0.1, 0.15) is 5.75 Å². The molecule has 0 saturated heterocycles. The zero-order chi connectivity index (χ0) is 14.0. The van der Waals surface area contributed by atoms with Crippen LogP contribution in [0.25, 0.3) is 0 Å². The van der Waals surface area contributed by atoms with Gasteiger partial charge in [-0.2, -0.15) is 0 Å². The van der Waals surface area contributed by atoms with Crippen molar-refractivity contribution in [3.63, 3.8) is 0 Å². The Balaban J connectivity index is 0.000000331. The molecule has 0 heterocycles. The molecule has 0 spiro atoms. The van der Waals surface area contributed by atoms with Crippen LogP contribution < -0.4 is 4.74 Å². The molecule has 6 nitrogen and oxygen atoms in total. The number of para-hydroxylation sites is 1. The minimum absolute atomic E-state index is 0.558. The van der Waals surface area contributed by atoms with Crippen molar-refractivity contribution >= 4 is 11.9 Å². The molecule has 0 bridgehead atoms. The first-order valence-corrected chi connectivity index (χ1v) is 4.95. The fourth-order valence-corrected chi connectivity index (χ4v) is 0.839. The topological polar surface area (TPSA) is 104 Å². The van der Waals surface area contributed by atoms with E-state index in [4.69, 9.17) is 20.1 Å². The van der Waals surface area contributed by atoms with Gasteiger partial charge in [-0.05, 0) is 19.1 Å². The van der Waals surface area contributed by atoms with E-state index in [1.165, 1.54) is 0 Å². The summed E-state index contributed by atoms with van der Waals surface area (Å²) in [6.45, 7) is 1.58. The SMILES string of the molecule is CC(O)Oc1ccccc1.O=C(O)/C=C\C(=O)O. The van der Waals surface area contributed by atoms with Crippen LogP contribution >= 0.6 is 0 Å². The molecule has 6 heteroatoms. The van der Waals surface area contributed by atoms with Crippen LogP contribution in [0, 0.1) is 0 Å². The predicted molar refractivity (Wildman–Crippen MR) is 63.2 cm³/mol. The molecular formula is C12H14O6. The number of aliphatic hydroxyl groups excluding tert-OH is 1. The average Bonchev–Trinajstić information content (AvgIpc) is 2.28. The Labute approximate surface area is 104 Å². The molecular weight excluding hydrogens is 240 g/mol. The Morgan fingerprint density at radius 2 is 1.56 bits per heavy atom. The van der Waals surface area contributed by atoms with Crippen molar-refractivity contribution in [2.75, 3.05) is 0 Å². The van der Waals surface area contributed by atoms with E-state index in [2.05, 4.69) is 0 Å². The molecule has 0 aliphatic carbocycles. The summed E-state index contributed by atoms with van der Waals surface area (Å²) in [7, 11) is 0. The maximum atomic E-state index is 9.55. The monoisotopic (exact) mass is 254 g/mol. The third-order valence-corrected chi connectivity index (χ3v) is 1.42. The lowest BCUT2D eigenvalue weighted by Crippen LogP contribution is -2.08. The quantitative estimate of drug-likeness (QED) is 0.549. The number of hydrogen-bond donors (Lipinski definition) is 3. The van der Waals surface area contributed by atoms with E-state index in [0.717, 1.165) is 0 Å². The molecule has 0 aromatic heterocycles. The summed E-state index contributed by atoms with van der Waals surface area (Å²) in [6.07, 6.45) is 0.382. The van der Waals surface area contributed by atoms with Gasteiger partial charge in [-0.3, -0.25) is 0 Å². The molecule has 0 aliphatic heterocycles. The minimum atomic E-state index is -1.26. The summed E-state index contributed by atoms with van der Waals surface area (Å²) in [5.41, 5.74) is 0. The van der Waals surface area contributed by atoms with Gasteiger partial charge in [-0.15, -0.1) is 0 Å². The van der Waals surface area contributed by atoms with Crippen LogP contribution in [0.1, 0.15) is 6.92 Å². The first-order chi connectivity index (χ1) is 8.41. The molecule has 1 unspecified atom stereocenters. The van der Waals surface area contributed by atoms with Gasteiger partial charge in [0, 0.05) is 12.2 Å². The van der Waals surface area contributed by atoms with E-state index >= 15 is 0 Å². The van der Waals surface area contributed by atoms with E-state index in [-0.39, 0.29) is 0 Å². The van der Waals surface area contributed by atoms with E-state index in [9.17, 15) is 9.59 Å². The Morgan fingerprint density at radius 1 is 1.11 bits per heavy atom. The Hall–Kier alpha value is -2.34. The predicted octanol–water partition coefficient (Wildman–Crippen LogP) is 1.12. The van der Waals surface area contributed by atoms with E-state index < -0.39 is 18.2 Å². The summed E-state index contributed by atoms with van der Waals surface area (Å²) in [6, 6.07) is 9.21. The maximum Gasteiger partial charge on any atom is 0.328 e. The molecule has 1 aromatic rings. The second kappa shape index (κ2) is 8.77. The van der Waals surface area contributed by atoms with Crippen molar-refractivity contribution < 1.29 is 29.6 Å². The number of rotatable bonds is 4. The lowest BCUT2D eigenvalue weighted by molar-refractivity contribution is -0.134. The van der Waals surface area contributed by atoms with Gasteiger partial charge >= 0.3 is 11.9 Å². The number of ether oxygens (including phenoxy) is 1. The molecule has 98 valence electrons. The molecule has 0 fully saturated rings. The smallest absolute Gasteiger partial charge is 0.328 e. The van der Waals surface area contributed by atoms with Gasteiger partial charge in [0.15, 0.2) is 6.29 Å². The van der Waals surface area contributed by atoms with Crippen molar-refractivity contribution in [3.8, 4) is 5.75 Å². The molecule has 1 rings (SSSR count). The zero-order valence-corrected chi connectivity index (χ0v) is 9.69. The standard InChI is InChI=1S/C8H10O2.C4H4O4/c1-7(9)10-8-5-3-2-4-6-8;5-3(6)1-2-4(7)8/h2-7,9H,1H3;1-2H,(H,5,6)(H,7,8)/b;2-1-. The van der Waals surface area contributed by atoms with Gasteiger partial charge in [-0.25, -0.2) is 9.59 Å². The highest BCUT2D eigenvalue weighted by Crippen LogP contribution is 2.09. The first kappa shape index (κ1) is 15.7. The van der Waals surface area contributed by atoms with Crippen molar-refractivity contribution in [2.24, 2.45) is 0 Å². The third-order valence-electron chi connectivity index (χ3n) is 1.42. The van der Waals surface area contributed by atoms with Gasteiger partial charge in [0.05, 0.1) is 0 Å². The van der Waals surface area contributed by atoms with E-state index in [1.807, 2.05) is 18.2 Å². The van der Waals surface area contributed by atoms with Gasteiger partial charge in [0.25, 0.3) is 0 Å². The van der Waals surface area contributed by atoms with Crippen LogP contribution in [0.15, 0.2) is 42.5 Å². The summed E-state index contributed by atoms with van der Waals surface area (Å²) in [4.78, 5) is 19.1. The summed E-state index contributed by atoms with van der Waals surface area (Å²) in [5.74, 6) is -1.82. The summed E-state index contributed by atoms with van der Waals surface area (Å²) >= 11 is 0. The van der Waals surface area contributed by atoms with Crippen LogP contribution in [-0.2, 0) is 9.59 Å². The van der Waals surface area contributed by atoms with Gasteiger partial charge in [0.2, 0.25) is 0 Å². The number of carboxylic acids is 2. The minimum Gasteiger partial charge on any atom is -0.478 e.